The van der Waals surface area contributed by atoms with Crippen molar-refractivity contribution in [3.63, 3.8) is 0 Å². The maximum absolute atomic E-state index is 13.7. The normalized spacial score (nSPS) is 11.1. The van der Waals surface area contributed by atoms with Crippen molar-refractivity contribution in [2.75, 3.05) is 11.5 Å². The van der Waals surface area contributed by atoms with Gasteiger partial charge in [0.25, 0.3) is 0 Å². The van der Waals surface area contributed by atoms with Crippen molar-refractivity contribution in [1.29, 1.82) is 0 Å². The molecule has 0 aliphatic rings. The van der Waals surface area contributed by atoms with Crippen molar-refractivity contribution in [2.45, 2.75) is 0 Å². The predicted octanol–water partition coefficient (Wildman–Crippen LogP) is 3.63. The topological polar surface area (TPSA) is 52.0 Å². The molecule has 0 heterocycles. The number of anilines is 2. The molecule has 0 radical (unpaired) electrons. The zero-order valence-corrected chi connectivity index (χ0v) is 10.2. The van der Waals surface area contributed by atoms with Crippen LogP contribution in [0, 0.1) is 46.5 Å². The van der Waals surface area contributed by atoms with Crippen LogP contribution in [0.5, 0.6) is 0 Å². The minimum absolute atomic E-state index is 1.59. The van der Waals surface area contributed by atoms with Gasteiger partial charge in [-0.05, 0) is 0 Å². The number of nitrogens with two attached hydrogens (primary N) is 2. The van der Waals surface area contributed by atoms with Gasteiger partial charge in [0, 0.05) is 0 Å². The molecule has 0 fully saturated rings. The third-order valence-electron chi connectivity index (χ3n) is 2.84. The van der Waals surface area contributed by atoms with Gasteiger partial charge in [0.05, 0.1) is 11.1 Å². The van der Waals surface area contributed by atoms with Gasteiger partial charge < -0.3 is 11.5 Å². The Labute approximate surface area is 116 Å². The maximum atomic E-state index is 13.7. The first-order chi connectivity index (χ1) is 10.1. The fourth-order valence-corrected chi connectivity index (χ4v) is 1.74. The quantitative estimate of drug-likeness (QED) is 0.363. The zero-order valence-electron chi connectivity index (χ0n) is 10.2. The molecule has 2 aromatic rings. The van der Waals surface area contributed by atoms with Gasteiger partial charge in [-0.1, -0.05) is 0 Å². The SMILES string of the molecule is Nc1c(F)c(F)c(-c2c(F)c(N)c(F)c(F)c2F)c(F)c1F. The van der Waals surface area contributed by atoms with Gasteiger partial charge in [-0.3, -0.25) is 0 Å². The van der Waals surface area contributed by atoms with Gasteiger partial charge in [0.15, 0.2) is 46.5 Å². The number of hydrogen-bond acceptors (Lipinski definition) is 2. The number of benzene rings is 2. The van der Waals surface area contributed by atoms with Crippen molar-refractivity contribution in [3.05, 3.63) is 46.5 Å². The molecule has 0 unspecified atom stereocenters. The van der Waals surface area contributed by atoms with Gasteiger partial charge in [0.1, 0.15) is 11.4 Å². The summed E-state index contributed by atoms with van der Waals surface area (Å²) >= 11 is 0. The number of hydrogen-bond donors (Lipinski definition) is 2. The van der Waals surface area contributed by atoms with E-state index >= 15 is 0 Å². The molecular formula is C12H4F8N2. The molecule has 10 heteroatoms. The molecule has 0 bridgehead atoms. The largest absolute Gasteiger partial charge is 0.394 e. The van der Waals surface area contributed by atoms with E-state index in [1.165, 1.54) is 0 Å². The van der Waals surface area contributed by atoms with Crippen LogP contribution in [-0.2, 0) is 0 Å². The highest BCUT2D eigenvalue weighted by molar-refractivity contribution is 5.73. The van der Waals surface area contributed by atoms with E-state index in [-0.39, 0.29) is 0 Å². The molecule has 22 heavy (non-hydrogen) atoms. The fraction of sp³-hybridized carbons (Fsp3) is 0. The third-order valence-corrected chi connectivity index (χ3v) is 2.84. The maximum Gasteiger partial charge on any atom is 0.197 e. The number of nitrogen functional groups attached to an aromatic ring is 2. The molecule has 0 aliphatic carbocycles. The molecule has 118 valence electrons. The van der Waals surface area contributed by atoms with Crippen LogP contribution in [0.4, 0.5) is 46.5 Å². The zero-order chi connectivity index (χ0) is 16.9. The molecular weight excluding hydrogens is 324 g/mol. The minimum atomic E-state index is -2.41. The van der Waals surface area contributed by atoms with Gasteiger partial charge in [-0.2, -0.15) is 0 Å². The highest BCUT2D eigenvalue weighted by Gasteiger charge is 2.32. The van der Waals surface area contributed by atoms with Crippen molar-refractivity contribution in [2.24, 2.45) is 0 Å². The van der Waals surface area contributed by atoms with E-state index in [0.717, 1.165) is 0 Å². The van der Waals surface area contributed by atoms with Crippen molar-refractivity contribution in [1.82, 2.24) is 0 Å². The summed E-state index contributed by atoms with van der Waals surface area (Å²) in [6, 6.07) is 0. The van der Waals surface area contributed by atoms with Crippen LogP contribution in [-0.4, -0.2) is 0 Å². The van der Waals surface area contributed by atoms with Crippen molar-refractivity contribution >= 4 is 11.4 Å². The van der Waals surface area contributed by atoms with E-state index in [1.54, 1.807) is 0 Å². The standard InChI is InChI=1S/C12H4F8N2/c13-3-2(6(16)11(21)10(20)7(3)17)1-4(14)8(18)12(22)9(19)5(1)15/h21-22H2. The Morgan fingerprint density at radius 1 is 0.364 bits per heavy atom. The Bertz CT molecular complexity index is 677. The van der Waals surface area contributed by atoms with Crippen LogP contribution in [0.1, 0.15) is 0 Å². The molecule has 4 N–H and O–H groups in total. The minimum Gasteiger partial charge on any atom is -0.394 e. The monoisotopic (exact) mass is 328 g/mol. The third kappa shape index (κ3) is 1.94. The average Bonchev–Trinajstić information content (AvgIpc) is 2.50. The highest BCUT2D eigenvalue weighted by atomic mass is 19.2. The Kier molecular flexibility index (Phi) is 3.63. The van der Waals surface area contributed by atoms with Crippen molar-refractivity contribution < 1.29 is 35.1 Å². The average molecular weight is 328 g/mol. The second kappa shape index (κ2) is 5.04. The lowest BCUT2D eigenvalue weighted by molar-refractivity contribution is 0.435. The van der Waals surface area contributed by atoms with Crippen LogP contribution in [0.15, 0.2) is 0 Å². The number of rotatable bonds is 1. The van der Waals surface area contributed by atoms with Gasteiger partial charge in [-0.15, -0.1) is 0 Å². The van der Waals surface area contributed by atoms with Crippen molar-refractivity contribution in [3.8, 4) is 11.1 Å². The Balaban J connectivity index is 3.03. The molecule has 2 rings (SSSR count). The van der Waals surface area contributed by atoms with Gasteiger partial charge >= 0.3 is 0 Å². The fourth-order valence-electron chi connectivity index (χ4n) is 1.74. The summed E-state index contributed by atoms with van der Waals surface area (Å²) in [5, 5.41) is 0. The molecule has 0 saturated heterocycles. The van der Waals surface area contributed by atoms with Crippen LogP contribution in [0.25, 0.3) is 11.1 Å². The summed E-state index contributed by atoms with van der Waals surface area (Å²) in [5.41, 5.74) is 2.45. The summed E-state index contributed by atoms with van der Waals surface area (Å²) in [4.78, 5) is 0. The van der Waals surface area contributed by atoms with E-state index in [9.17, 15) is 35.1 Å². The summed E-state index contributed by atoms with van der Waals surface area (Å²) in [6.07, 6.45) is 0. The van der Waals surface area contributed by atoms with E-state index in [4.69, 9.17) is 11.5 Å². The Morgan fingerprint density at radius 3 is 1.09 bits per heavy atom. The Morgan fingerprint density at radius 2 is 0.636 bits per heavy atom. The molecule has 2 nitrogen and oxygen atoms in total. The molecule has 0 atom stereocenters. The molecule has 0 aromatic heterocycles. The Hall–Kier alpha value is -2.52. The molecule has 0 amide bonds. The summed E-state index contributed by atoms with van der Waals surface area (Å²) in [5.74, 6) is -18.0. The predicted molar refractivity (Wildman–Crippen MR) is 60.4 cm³/mol. The van der Waals surface area contributed by atoms with Gasteiger partial charge in [0.2, 0.25) is 0 Å². The molecule has 0 aliphatic heterocycles. The van der Waals surface area contributed by atoms with Gasteiger partial charge in [-0.25, -0.2) is 35.1 Å². The lowest BCUT2D eigenvalue weighted by atomic mass is 10.00. The first-order valence-corrected chi connectivity index (χ1v) is 5.34. The first kappa shape index (κ1) is 15.9. The molecule has 0 spiro atoms. The lowest BCUT2D eigenvalue weighted by Crippen LogP contribution is -2.10. The molecule has 0 saturated carbocycles. The second-order valence-electron chi connectivity index (χ2n) is 4.09. The summed E-state index contributed by atoms with van der Waals surface area (Å²) < 4.78 is 108. The highest BCUT2D eigenvalue weighted by Crippen LogP contribution is 2.39. The summed E-state index contributed by atoms with van der Waals surface area (Å²) in [6.45, 7) is 0. The van der Waals surface area contributed by atoms with Crippen LogP contribution in [0.3, 0.4) is 0 Å². The summed E-state index contributed by atoms with van der Waals surface area (Å²) in [7, 11) is 0. The smallest absolute Gasteiger partial charge is 0.197 e. The van der Waals surface area contributed by atoms with E-state index in [2.05, 4.69) is 0 Å². The molecule has 2 aromatic carbocycles. The lowest BCUT2D eigenvalue weighted by Gasteiger charge is -2.13. The van der Waals surface area contributed by atoms with E-state index < -0.39 is 69.0 Å². The van der Waals surface area contributed by atoms with Crippen LogP contribution >= 0.6 is 0 Å². The van der Waals surface area contributed by atoms with Crippen LogP contribution in [0.2, 0.25) is 0 Å². The first-order valence-electron chi connectivity index (χ1n) is 5.34. The second-order valence-corrected chi connectivity index (χ2v) is 4.09. The van der Waals surface area contributed by atoms with E-state index in [1.807, 2.05) is 0 Å². The number of halogens is 8. The van der Waals surface area contributed by atoms with E-state index in [0.29, 0.717) is 0 Å². The van der Waals surface area contributed by atoms with Crippen LogP contribution < -0.4 is 11.5 Å².